The predicted molar refractivity (Wildman–Crippen MR) is 92.9 cm³/mol. The zero-order chi connectivity index (χ0) is 15.0. The zero-order valence-electron chi connectivity index (χ0n) is 12.1. The highest BCUT2D eigenvalue weighted by molar-refractivity contribution is 9.10. The first-order valence-corrected chi connectivity index (χ1v) is 9.58. The molecule has 0 bridgehead atoms. The molecule has 2 aromatic rings. The summed E-state index contributed by atoms with van der Waals surface area (Å²) >= 11 is 7.03. The van der Waals surface area contributed by atoms with Gasteiger partial charge < -0.3 is 5.11 Å². The fourth-order valence-electron chi connectivity index (χ4n) is 2.71. The van der Waals surface area contributed by atoms with Crippen LogP contribution in [-0.2, 0) is 12.2 Å². The Hall–Kier alpha value is -0.360. The van der Waals surface area contributed by atoms with Crippen LogP contribution in [0.5, 0.6) is 0 Å². The van der Waals surface area contributed by atoms with E-state index < -0.39 is 0 Å². The van der Waals surface area contributed by atoms with Crippen LogP contribution in [0.4, 0.5) is 0 Å². The Morgan fingerprint density at radius 1 is 1.43 bits per heavy atom. The lowest BCUT2D eigenvalue weighted by molar-refractivity contribution is 0.102. The van der Waals surface area contributed by atoms with Crippen molar-refractivity contribution < 1.29 is 5.11 Å². The molecule has 5 heteroatoms. The van der Waals surface area contributed by atoms with Gasteiger partial charge in [0.2, 0.25) is 0 Å². The molecule has 0 spiro atoms. The molecular weight excluding hydrogens is 366 g/mol. The predicted octanol–water partition coefficient (Wildman–Crippen LogP) is 5.20. The molecule has 1 aromatic heterocycles. The molecule has 1 aliphatic carbocycles. The number of nitrogens with zero attached hydrogens (tertiary/aromatic N) is 1. The standard InChI is InChI=1S/C16H18BrNOS2/c1-16(2)7-11-15(12(19)8-16)21-14(18-11)9-20-13-6-4-3-5-10(13)17/h3-6,12,19H,7-9H2,1-2H3. The molecule has 0 amide bonds. The van der Waals surface area contributed by atoms with Crippen LogP contribution in [0.1, 0.15) is 42.0 Å². The third-order valence-electron chi connectivity index (χ3n) is 3.65. The van der Waals surface area contributed by atoms with Gasteiger partial charge in [0, 0.05) is 9.37 Å². The summed E-state index contributed by atoms with van der Waals surface area (Å²) in [7, 11) is 0. The number of aromatic nitrogens is 1. The van der Waals surface area contributed by atoms with Crippen molar-refractivity contribution in [1.82, 2.24) is 4.98 Å². The van der Waals surface area contributed by atoms with E-state index in [1.54, 1.807) is 23.1 Å². The summed E-state index contributed by atoms with van der Waals surface area (Å²) in [6, 6.07) is 8.24. The van der Waals surface area contributed by atoms with Crippen molar-refractivity contribution in [2.45, 2.75) is 43.4 Å². The molecule has 1 atom stereocenters. The van der Waals surface area contributed by atoms with Crippen LogP contribution in [-0.4, -0.2) is 10.1 Å². The number of fused-ring (bicyclic) bond motifs is 1. The summed E-state index contributed by atoms with van der Waals surface area (Å²) in [4.78, 5) is 7.07. The first-order chi connectivity index (χ1) is 9.94. The second-order valence-electron chi connectivity index (χ2n) is 6.20. The number of thioether (sulfide) groups is 1. The van der Waals surface area contributed by atoms with Crippen molar-refractivity contribution in [3.8, 4) is 0 Å². The summed E-state index contributed by atoms with van der Waals surface area (Å²) in [6.07, 6.45) is 1.46. The third kappa shape index (κ3) is 3.52. The van der Waals surface area contributed by atoms with E-state index >= 15 is 0 Å². The highest BCUT2D eigenvalue weighted by atomic mass is 79.9. The zero-order valence-corrected chi connectivity index (χ0v) is 15.3. The Balaban J connectivity index is 1.75. The molecule has 0 saturated heterocycles. The largest absolute Gasteiger partial charge is 0.387 e. The smallest absolute Gasteiger partial charge is 0.103 e. The second kappa shape index (κ2) is 6.03. The van der Waals surface area contributed by atoms with Crippen molar-refractivity contribution >= 4 is 39.0 Å². The SMILES string of the molecule is CC1(C)Cc2nc(CSc3ccccc3Br)sc2C(O)C1. The van der Waals surface area contributed by atoms with E-state index in [4.69, 9.17) is 4.98 Å². The molecular formula is C16H18BrNOS2. The fourth-order valence-corrected chi connectivity index (χ4v) is 5.34. The van der Waals surface area contributed by atoms with E-state index in [1.165, 1.54) is 4.90 Å². The molecule has 3 rings (SSSR count). The third-order valence-corrected chi connectivity index (χ3v) is 7.07. The maximum Gasteiger partial charge on any atom is 0.103 e. The first kappa shape index (κ1) is 15.5. The van der Waals surface area contributed by atoms with Gasteiger partial charge in [0.15, 0.2) is 0 Å². The average Bonchev–Trinajstić information content (AvgIpc) is 2.79. The van der Waals surface area contributed by atoms with Crippen molar-refractivity contribution in [1.29, 1.82) is 0 Å². The van der Waals surface area contributed by atoms with E-state index in [-0.39, 0.29) is 11.5 Å². The van der Waals surface area contributed by atoms with Gasteiger partial charge in [0.1, 0.15) is 5.01 Å². The van der Waals surface area contributed by atoms with Crippen LogP contribution in [0, 0.1) is 5.41 Å². The van der Waals surface area contributed by atoms with Gasteiger partial charge in [-0.2, -0.15) is 0 Å². The lowest BCUT2D eigenvalue weighted by Crippen LogP contribution is -2.24. The van der Waals surface area contributed by atoms with Crippen molar-refractivity contribution in [3.63, 3.8) is 0 Å². The molecule has 21 heavy (non-hydrogen) atoms. The van der Waals surface area contributed by atoms with Gasteiger partial charge in [-0.25, -0.2) is 4.98 Å². The summed E-state index contributed by atoms with van der Waals surface area (Å²) in [6.45, 7) is 4.40. The number of rotatable bonds is 3. The molecule has 2 nitrogen and oxygen atoms in total. The quantitative estimate of drug-likeness (QED) is 0.738. The number of thiazole rings is 1. The number of hydrogen-bond donors (Lipinski definition) is 1. The lowest BCUT2D eigenvalue weighted by Gasteiger charge is -2.31. The van der Waals surface area contributed by atoms with Crippen LogP contribution in [0.15, 0.2) is 33.6 Å². The Morgan fingerprint density at radius 3 is 2.95 bits per heavy atom. The van der Waals surface area contributed by atoms with Gasteiger partial charge in [0.25, 0.3) is 0 Å². The van der Waals surface area contributed by atoms with Gasteiger partial charge in [0.05, 0.1) is 22.4 Å². The molecule has 1 aliphatic rings. The highest BCUT2D eigenvalue weighted by Crippen LogP contribution is 2.43. The number of aliphatic hydroxyl groups is 1. The van der Waals surface area contributed by atoms with Crippen molar-refractivity contribution in [3.05, 3.63) is 44.3 Å². The van der Waals surface area contributed by atoms with Crippen molar-refractivity contribution in [2.24, 2.45) is 5.41 Å². The van der Waals surface area contributed by atoms with Gasteiger partial charge in [-0.05, 0) is 46.3 Å². The van der Waals surface area contributed by atoms with Crippen LogP contribution >= 0.6 is 39.0 Å². The molecule has 112 valence electrons. The van der Waals surface area contributed by atoms with Crippen LogP contribution < -0.4 is 0 Å². The van der Waals surface area contributed by atoms with Gasteiger partial charge in [-0.15, -0.1) is 23.1 Å². The topological polar surface area (TPSA) is 33.1 Å². The van der Waals surface area contributed by atoms with Gasteiger partial charge in [-0.3, -0.25) is 0 Å². The number of benzene rings is 1. The van der Waals surface area contributed by atoms with E-state index in [0.29, 0.717) is 0 Å². The fraction of sp³-hybridized carbons (Fsp3) is 0.438. The summed E-state index contributed by atoms with van der Waals surface area (Å²) in [5.74, 6) is 0.855. The maximum absolute atomic E-state index is 10.3. The number of hydrogen-bond acceptors (Lipinski definition) is 4. The molecule has 0 saturated carbocycles. The minimum atomic E-state index is -0.344. The normalized spacial score (nSPS) is 20.3. The lowest BCUT2D eigenvalue weighted by atomic mass is 9.77. The minimum Gasteiger partial charge on any atom is -0.387 e. The van der Waals surface area contributed by atoms with Crippen LogP contribution in [0.25, 0.3) is 0 Å². The number of aliphatic hydroxyl groups excluding tert-OH is 1. The molecule has 1 unspecified atom stereocenters. The Kier molecular flexibility index (Phi) is 4.46. The maximum atomic E-state index is 10.3. The minimum absolute atomic E-state index is 0.146. The molecule has 0 fully saturated rings. The van der Waals surface area contributed by atoms with E-state index in [0.717, 1.165) is 38.6 Å². The van der Waals surface area contributed by atoms with E-state index in [1.807, 2.05) is 12.1 Å². The molecule has 1 aromatic carbocycles. The van der Waals surface area contributed by atoms with Crippen molar-refractivity contribution in [2.75, 3.05) is 0 Å². The molecule has 1 heterocycles. The van der Waals surface area contributed by atoms with E-state index in [2.05, 4.69) is 41.9 Å². The highest BCUT2D eigenvalue weighted by Gasteiger charge is 2.33. The average molecular weight is 384 g/mol. The Labute approximate surface area is 142 Å². The van der Waals surface area contributed by atoms with Gasteiger partial charge in [-0.1, -0.05) is 26.0 Å². The van der Waals surface area contributed by atoms with Crippen LogP contribution in [0.2, 0.25) is 0 Å². The van der Waals surface area contributed by atoms with Crippen LogP contribution in [0.3, 0.4) is 0 Å². The Morgan fingerprint density at radius 2 is 2.19 bits per heavy atom. The summed E-state index contributed by atoms with van der Waals surface area (Å²) in [5, 5.41) is 11.4. The second-order valence-corrected chi connectivity index (χ2v) is 9.19. The van der Waals surface area contributed by atoms with Gasteiger partial charge >= 0.3 is 0 Å². The molecule has 1 N–H and O–H groups in total. The first-order valence-electron chi connectivity index (χ1n) is 6.98. The number of halogens is 1. The summed E-state index contributed by atoms with van der Waals surface area (Å²) in [5.41, 5.74) is 1.25. The molecule has 0 aliphatic heterocycles. The van der Waals surface area contributed by atoms with E-state index in [9.17, 15) is 5.11 Å². The monoisotopic (exact) mass is 383 g/mol. The Bertz CT molecular complexity index is 653. The molecule has 0 radical (unpaired) electrons. The summed E-state index contributed by atoms with van der Waals surface area (Å²) < 4.78 is 1.12.